The van der Waals surface area contributed by atoms with Gasteiger partial charge in [0.25, 0.3) is 0 Å². The van der Waals surface area contributed by atoms with Crippen molar-refractivity contribution in [1.82, 2.24) is 4.98 Å². The van der Waals surface area contributed by atoms with Gasteiger partial charge in [0.15, 0.2) is 0 Å². The van der Waals surface area contributed by atoms with Gasteiger partial charge in [0.2, 0.25) is 0 Å². The lowest BCUT2D eigenvalue weighted by molar-refractivity contribution is 0.0600. The normalized spacial score (nSPS) is 12.0. The van der Waals surface area contributed by atoms with Crippen molar-refractivity contribution in [2.75, 3.05) is 7.11 Å². The van der Waals surface area contributed by atoms with Crippen molar-refractivity contribution in [1.29, 1.82) is 0 Å². The number of ether oxygens (including phenoxy) is 1. The number of carbonyl (C=O) groups is 1. The quantitative estimate of drug-likeness (QED) is 0.875. The predicted octanol–water partition coefficient (Wildman–Crippen LogP) is 2.73. The number of esters is 1. The van der Waals surface area contributed by atoms with Crippen molar-refractivity contribution in [3.63, 3.8) is 0 Å². The van der Waals surface area contributed by atoms with Crippen LogP contribution in [0.1, 0.15) is 28.9 Å². The minimum Gasteiger partial charge on any atom is -0.465 e. The number of aliphatic hydroxyl groups excluding tert-OH is 1. The van der Waals surface area contributed by atoms with Gasteiger partial charge in [-0.15, -0.1) is 0 Å². The van der Waals surface area contributed by atoms with Crippen LogP contribution in [-0.2, 0) is 4.74 Å². The molecule has 0 aliphatic carbocycles. The second-order valence-corrected chi connectivity index (χ2v) is 4.33. The molecule has 2 rings (SSSR count). The maximum absolute atomic E-state index is 13.8. The smallest absolute Gasteiger partial charge is 0.337 e. The van der Waals surface area contributed by atoms with Gasteiger partial charge in [0, 0.05) is 11.8 Å². The lowest BCUT2D eigenvalue weighted by Gasteiger charge is -2.14. The Morgan fingerprint density at radius 2 is 2.10 bits per heavy atom. The van der Waals surface area contributed by atoms with E-state index in [1.165, 1.54) is 31.5 Å². The highest BCUT2D eigenvalue weighted by Gasteiger charge is 2.16. The molecular formula is C15H14FNO3. The molecule has 104 valence electrons. The Hall–Kier alpha value is -2.27. The van der Waals surface area contributed by atoms with Crippen molar-refractivity contribution in [3.8, 4) is 11.1 Å². The van der Waals surface area contributed by atoms with E-state index in [1.54, 1.807) is 13.0 Å². The van der Waals surface area contributed by atoms with Crippen LogP contribution in [0.2, 0.25) is 0 Å². The second kappa shape index (κ2) is 5.79. The number of rotatable bonds is 3. The van der Waals surface area contributed by atoms with Crippen LogP contribution in [0.5, 0.6) is 0 Å². The lowest BCUT2D eigenvalue weighted by Crippen LogP contribution is -2.04. The summed E-state index contributed by atoms with van der Waals surface area (Å²) >= 11 is 0. The van der Waals surface area contributed by atoms with Gasteiger partial charge < -0.3 is 9.84 Å². The van der Waals surface area contributed by atoms with Crippen LogP contribution in [0.3, 0.4) is 0 Å². The number of aromatic nitrogens is 1. The minimum absolute atomic E-state index is 0.307. The zero-order valence-electron chi connectivity index (χ0n) is 11.1. The van der Waals surface area contributed by atoms with E-state index in [0.29, 0.717) is 22.3 Å². The van der Waals surface area contributed by atoms with Crippen LogP contribution in [0, 0.1) is 5.82 Å². The zero-order valence-corrected chi connectivity index (χ0v) is 11.1. The summed E-state index contributed by atoms with van der Waals surface area (Å²) in [5.41, 5.74) is 1.61. The number of methoxy groups -OCH3 is 1. The van der Waals surface area contributed by atoms with Crippen molar-refractivity contribution in [2.45, 2.75) is 13.0 Å². The highest BCUT2D eigenvalue weighted by atomic mass is 19.1. The third-order valence-corrected chi connectivity index (χ3v) is 2.99. The average Bonchev–Trinajstić information content (AvgIpc) is 2.46. The van der Waals surface area contributed by atoms with E-state index in [2.05, 4.69) is 9.72 Å². The Morgan fingerprint density at radius 1 is 1.35 bits per heavy atom. The monoisotopic (exact) mass is 275 g/mol. The molecule has 20 heavy (non-hydrogen) atoms. The van der Waals surface area contributed by atoms with Gasteiger partial charge in [-0.1, -0.05) is 6.07 Å². The number of pyridine rings is 1. The van der Waals surface area contributed by atoms with E-state index >= 15 is 0 Å². The van der Waals surface area contributed by atoms with E-state index in [9.17, 15) is 14.3 Å². The predicted molar refractivity (Wildman–Crippen MR) is 71.6 cm³/mol. The molecular weight excluding hydrogens is 261 g/mol. The Kier molecular flexibility index (Phi) is 4.10. The van der Waals surface area contributed by atoms with Crippen molar-refractivity contribution in [2.24, 2.45) is 0 Å². The molecule has 1 aromatic carbocycles. The molecule has 0 aliphatic heterocycles. The minimum atomic E-state index is -0.845. The van der Waals surface area contributed by atoms with E-state index < -0.39 is 17.9 Å². The first-order chi connectivity index (χ1) is 9.54. The van der Waals surface area contributed by atoms with Crippen molar-refractivity contribution >= 4 is 5.97 Å². The third kappa shape index (κ3) is 2.67. The molecule has 0 radical (unpaired) electrons. The molecule has 0 fully saturated rings. The fourth-order valence-corrected chi connectivity index (χ4v) is 1.99. The molecule has 0 spiro atoms. The Morgan fingerprint density at radius 3 is 2.70 bits per heavy atom. The molecule has 0 saturated carbocycles. The molecule has 1 heterocycles. The molecule has 2 aromatic rings. The maximum atomic E-state index is 13.8. The van der Waals surface area contributed by atoms with E-state index in [4.69, 9.17) is 0 Å². The SMILES string of the molecule is COC(=O)c1ccc(-c2ccncc2F)c(C(C)O)c1. The van der Waals surface area contributed by atoms with Crippen LogP contribution in [-0.4, -0.2) is 23.2 Å². The number of aliphatic hydroxyl groups is 1. The van der Waals surface area contributed by atoms with Gasteiger partial charge in [0.05, 0.1) is 25.0 Å². The van der Waals surface area contributed by atoms with Crippen molar-refractivity contribution in [3.05, 3.63) is 53.6 Å². The lowest BCUT2D eigenvalue weighted by atomic mass is 9.95. The number of carbonyl (C=O) groups excluding carboxylic acids is 1. The molecule has 0 aliphatic rings. The number of hydrogen-bond acceptors (Lipinski definition) is 4. The Labute approximate surface area is 115 Å². The third-order valence-electron chi connectivity index (χ3n) is 2.99. The van der Waals surface area contributed by atoms with Crippen LogP contribution in [0.25, 0.3) is 11.1 Å². The summed E-state index contributed by atoms with van der Waals surface area (Å²) < 4.78 is 18.4. The molecule has 0 bridgehead atoms. The first-order valence-corrected chi connectivity index (χ1v) is 6.04. The summed E-state index contributed by atoms with van der Waals surface area (Å²) in [6, 6.07) is 6.15. The van der Waals surface area contributed by atoms with Gasteiger partial charge >= 0.3 is 5.97 Å². The van der Waals surface area contributed by atoms with E-state index in [-0.39, 0.29) is 0 Å². The number of hydrogen-bond donors (Lipinski definition) is 1. The topological polar surface area (TPSA) is 59.4 Å². The molecule has 0 saturated heterocycles. The first-order valence-electron chi connectivity index (χ1n) is 6.04. The number of benzene rings is 1. The zero-order chi connectivity index (χ0) is 14.7. The Bertz CT molecular complexity index is 641. The maximum Gasteiger partial charge on any atom is 0.337 e. The molecule has 1 N–H and O–H groups in total. The largest absolute Gasteiger partial charge is 0.465 e. The summed E-state index contributed by atoms with van der Waals surface area (Å²) in [5, 5.41) is 9.85. The molecule has 0 amide bonds. The fraction of sp³-hybridized carbons (Fsp3) is 0.200. The van der Waals surface area contributed by atoms with E-state index in [1.807, 2.05) is 0 Å². The standard InChI is InChI=1S/C15H14FNO3/c1-9(18)13-7-10(15(19)20-2)3-4-11(13)12-5-6-17-8-14(12)16/h3-9,18H,1-2H3. The highest BCUT2D eigenvalue weighted by molar-refractivity contribution is 5.90. The Balaban J connectivity index is 2.60. The number of nitrogens with zero attached hydrogens (tertiary/aromatic N) is 1. The van der Waals surface area contributed by atoms with Crippen LogP contribution in [0.4, 0.5) is 4.39 Å². The molecule has 1 atom stereocenters. The molecule has 4 nitrogen and oxygen atoms in total. The van der Waals surface area contributed by atoms with Crippen LogP contribution >= 0.6 is 0 Å². The second-order valence-electron chi connectivity index (χ2n) is 4.33. The van der Waals surface area contributed by atoms with Crippen LogP contribution in [0.15, 0.2) is 36.7 Å². The summed E-state index contributed by atoms with van der Waals surface area (Å²) in [5.74, 6) is -0.992. The van der Waals surface area contributed by atoms with Gasteiger partial charge in [-0.25, -0.2) is 9.18 Å². The molecule has 1 aromatic heterocycles. The summed E-state index contributed by atoms with van der Waals surface area (Å²) in [4.78, 5) is 15.2. The van der Waals surface area contributed by atoms with Gasteiger partial charge in [-0.05, 0) is 36.2 Å². The molecule has 5 heteroatoms. The van der Waals surface area contributed by atoms with Crippen LogP contribution < -0.4 is 0 Å². The highest BCUT2D eigenvalue weighted by Crippen LogP contribution is 2.30. The summed E-state index contributed by atoms with van der Waals surface area (Å²) in [6.45, 7) is 1.55. The number of halogens is 1. The van der Waals surface area contributed by atoms with Gasteiger partial charge in [-0.3, -0.25) is 4.98 Å². The van der Waals surface area contributed by atoms with Gasteiger partial charge in [-0.2, -0.15) is 0 Å². The van der Waals surface area contributed by atoms with E-state index in [0.717, 1.165) is 6.20 Å². The average molecular weight is 275 g/mol. The fourth-order valence-electron chi connectivity index (χ4n) is 1.99. The van der Waals surface area contributed by atoms with Gasteiger partial charge in [0.1, 0.15) is 5.82 Å². The summed E-state index contributed by atoms with van der Waals surface area (Å²) in [7, 11) is 1.28. The van der Waals surface area contributed by atoms with Crippen molar-refractivity contribution < 1.29 is 19.0 Å². The first kappa shape index (κ1) is 14.1. The summed E-state index contributed by atoms with van der Waals surface area (Å²) in [6.07, 6.45) is 1.73. The molecule has 1 unspecified atom stereocenters.